The molecular formula is C73H132O6. The molecule has 0 heterocycles. The Balaban J connectivity index is 3.94. The molecule has 0 aliphatic rings. The highest BCUT2D eigenvalue weighted by Crippen LogP contribution is 2.18. The zero-order valence-corrected chi connectivity index (χ0v) is 52.9. The Morgan fingerprint density at radius 2 is 0.494 bits per heavy atom. The van der Waals surface area contributed by atoms with Crippen molar-refractivity contribution in [2.75, 3.05) is 13.2 Å². The lowest BCUT2D eigenvalue weighted by Gasteiger charge is -2.18. The van der Waals surface area contributed by atoms with Crippen LogP contribution in [0.15, 0.2) is 60.8 Å². The van der Waals surface area contributed by atoms with E-state index in [0.717, 1.165) is 89.9 Å². The molecule has 0 saturated carbocycles. The van der Waals surface area contributed by atoms with Gasteiger partial charge in [-0.2, -0.15) is 0 Å². The Bertz CT molecular complexity index is 1410. The molecule has 0 aromatic rings. The average molecular weight is 1110 g/mol. The summed E-state index contributed by atoms with van der Waals surface area (Å²) in [7, 11) is 0. The van der Waals surface area contributed by atoms with E-state index < -0.39 is 6.10 Å². The molecule has 0 rings (SSSR count). The first kappa shape index (κ1) is 76.1. The van der Waals surface area contributed by atoms with Gasteiger partial charge in [0.25, 0.3) is 0 Å². The summed E-state index contributed by atoms with van der Waals surface area (Å²) < 4.78 is 16.8. The van der Waals surface area contributed by atoms with Crippen molar-refractivity contribution in [1.82, 2.24) is 0 Å². The summed E-state index contributed by atoms with van der Waals surface area (Å²) in [6.45, 7) is 6.49. The molecule has 0 bridgehead atoms. The molecule has 0 fully saturated rings. The largest absolute Gasteiger partial charge is 0.462 e. The second-order valence-electron chi connectivity index (χ2n) is 23.4. The summed E-state index contributed by atoms with van der Waals surface area (Å²) in [6.07, 6.45) is 87.4. The lowest BCUT2D eigenvalue weighted by molar-refractivity contribution is -0.167. The SMILES string of the molecule is CC/C=C\C/C=C\C/C=C\C/C=C\CCCCCCCCCCCCCCC(=O)OC(COC(=O)CCCCCCC)COC(=O)CCCCCCCCCCCCCCCCCCCCC/C=C\CCCCCCCCCC. The van der Waals surface area contributed by atoms with Crippen LogP contribution in [-0.2, 0) is 28.6 Å². The van der Waals surface area contributed by atoms with Crippen molar-refractivity contribution >= 4 is 17.9 Å². The van der Waals surface area contributed by atoms with E-state index in [0.29, 0.717) is 19.3 Å². The first-order valence-corrected chi connectivity index (χ1v) is 34.8. The smallest absolute Gasteiger partial charge is 0.306 e. The number of hydrogen-bond acceptors (Lipinski definition) is 6. The Morgan fingerprint density at radius 3 is 0.785 bits per heavy atom. The zero-order valence-electron chi connectivity index (χ0n) is 52.9. The Morgan fingerprint density at radius 1 is 0.266 bits per heavy atom. The maximum Gasteiger partial charge on any atom is 0.306 e. The number of carbonyl (C=O) groups excluding carboxylic acids is 3. The van der Waals surface area contributed by atoms with E-state index in [2.05, 4.69) is 81.5 Å². The lowest BCUT2D eigenvalue weighted by Crippen LogP contribution is -2.30. The van der Waals surface area contributed by atoms with Crippen LogP contribution in [0, 0.1) is 0 Å². The van der Waals surface area contributed by atoms with Gasteiger partial charge < -0.3 is 14.2 Å². The van der Waals surface area contributed by atoms with Crippen molar-refractivity contribution in [2.24, 2.45) is 0 Å². The molecule has 1 unspecified atom stereocenters. The van der Waals surface area contributed by atoms with Crippen molar-refractivity contribution in [3.8, 4) is 0 Å². The number of ether oxygens (including phenoxy) is 3. The third-order valence-electron chi connectivity index (χ3n) is 15.5. The van der Waals surface area contributed by atoms with Gasteiger partial charge in [0.1, 0.15) is 13.2 Å². The van der Waals surface area contributed by atoms with Crippen LogP contribution in [0.1, 0.15) is 367 Å². The number of rotatable bonds is 64. The topological polar surface area (TPSA) is 78.9 Å². The fourth-order valence-electron chi connectivity index (χ4n) is 10.3. The number of hydrogen-bond donors (Lipinski definition) is 0. The van der Waals surface area contributed by atoms with Crippen molar-refractivity contribution in [3.63, 3.8) is 0 Å². The van der Waals surface area contributed by atoms with Crippen LogP contribution in [0.2, 0.25) is 0 Å². The highest BCUT2D eigenvalue weighted by molar-refractivity contribution is 5.71. The summed E-state index contributed by atoms with van der Waals surface area (Å²) in [5.74, 6) is -0.868. The quantitative estimate of drug-likeness (QED) is 0.0261. The van der Waals surface area contributed by atoms with Gasteiger partial charge in [0, 0.05) is 19.3 Å². The van der Waals surface area contributed by atoms with Crippen LogP contribution in [0.3, 0.4) is 0 Å². The van der Waals surface area contributed by atoms with E-state index in [4.69, 9.17) is 14.2 Å². The van der Waals surface area contributed by atoms with Crippen LogP contribution in [0.4, 0.5) is 0 Å². The molecule has 0 N–H and O–H groups in total. The summed E-state index contributed by atoms with van der Waals surface area (Å²) in [4.78, 5) is 38.0. The first-order chi connectivity index (χ1) is 39.0. The van der Waals surface area contributed by atoms with E-state index in [-0.39, 0.29) is 31.1 Å². The molecule has 0 aliphatic heterocycles. The highest BCUT2D eigenvalue weighted by Gasteiger charge is 2.19. The minimum Gasteiger partial charge on any atom is -0.462 e. The third-order valence-corrected chi connectivity index (χ3v) is 15.5. The highest BCUT2D eigenvalue weighted by atomic mass is 16.6. The predicted octanol–water partition coefficient (Wildman–Crippen LogP) is 23.9. The van der Waals surface area contributed by atoms with Gasteiger partial charge in [0.2, 0.25) is 0 Å². The monoisotopic (exact) mass is 1110 g/mol. The van der Waals surface area contributed by atoms with Crippen LogP contribution in [0.25, 0.3) is 0 Å². The minimum atomic E-state index is -0.771. The fraction of sp³-hybridized carbons (Fsp3) is 0.822. The van der Waals surface area contributed by atoms with Gasteiger partial charge in [-0.25, -0.2) is 0 Å². The molecule has 6 nitrogen and oxygen atoms in total. The van der Waals surface area contributed by atoms with Gasteiger partial charge in [-0.1, -0.05) is 326 Å². The molecule has 0 aromatic carbocycles. The Hall–Kier alpha value is -2.89. The molecule has 0 aromatic heterocycles. The molecule has 6 heteroatoms. The van der Waals surface area contributed by atoms with Gasteiger partial charge >= 0.3 is 17.9 Å². The summed E-state index contributed by atoms with van der Waals surface area (Å²) in [6, 6.07) is 0. The Labute approximate surface area is 491 Å². The van der Waals surface area contributed by atoms with Crippen LogP contribution < -0.4 is 0 Å². The van der Waals surface area contributed by atoms with Crippen molar-refractivity contribution in [2.45, 2.75) is 374 Å². The molecule has 0 radical (unpaired) electrons. The predicted molar refractivity (Wildman–Crippen MR) is 344 cm³/mol. The van der Waals surface area contributed by atoms with E-state index in [9.17, 15) is 14.4 Å². The maximum absolute atomic E-state index is 12.9. The van der Waals surface area contributed by atoms with Crippen LogP contribution in [0.5, 0.6) is 0 Å². The van der Waals surface area contributed by atoms with Crippen molar-refractivity contribution in [3.05, 3.63) is 60.8 Å². The first-order valence-electron chi connectivity index (χ1n) is 34.8. The summed E-state index contributed by atoms with van der Waals surface area (Å²) in [5.41, 5.74) is 0. The second kappa shape index (κ2) is 67.6. The minimum absolute atomic E-state index is 0.0710. The Kier molecular flexibility index (Phi) is 65.1. The van der Waals surface area contributed by atoms with Gasteiger partial charge in [-0.3, -0.25) is 14.4 Å². The lowest BCUT2D eigenvalue weighted by atomic mass is 10.0. The van der Waals surface area contributed by atoms with Crippen molar-refractivity contribution in [1.29, 1.82) is 0 Å². The molecular weight excluding hydrogens is 973 g/mol. The molecule has 1 atom stereocenters. The fourth-order valence-corrected chi connectivity index (χ4v) is 10.3. The van der Waals surface area contributed by atoms with Gasteiger partial charge in [0.15, 0.2) is 6.10 Å². The van der Waals surface area contributed by atoms with E-state index in [1.54, 1.807) is 0 Å². The third kappa shape index (κ3) is 65.8. The van der Waals surface area contributed by atoms with Gasteiger partial charge in [0.05, 0.1) is 0 Å². The van der Waals surface area contributed by atoms with E-state index in [1.165, 1.54) is 238 Å². The van der Waals surface area contributed by atoms with Gasteiger partial charge in [-0.05, 0) is 83.5 Å². The number of unbranched alkanes of at least 4 members (excludes halogenated alkanes) is 43. The van der Waals surface area contributed by atoms with E-state index in [1.807, 2.05) is 0 Å². The average Bonchev–Trinajstić information content (AvgIpc) is 3.45. The molecule has 0 aliphatic carbocycles. The molecule has 460 valence electrons. The molecule has 0 amide bonds. The number of allylic oxidation sites excluding steroid dienone is 10. The van der Waals surface area contributed by atoms with Crippen LogP contribution in [-0.4, -0.2) is 37.2 Å². The van der Waals surface area contributed by atoms with E-state index >= 15 is 0 Å². The molecule has 0 saturated heterocycles. The molecule has 79 heavy (non-hydrogen) atoms. The van der Waals surface area contributed by atoms with Crippen LogP contribution >= 0.6 is 0 Å². The molecule has 0 spiro atoms. The maximum atomic E-state index is 12.9. The number of esters is 3. The van der Waals surface area contributed by atoms with Gasteiger partial charge in [-0.15, -0.1) is 0 Å². The summed E-state index contributed by atoms with van der Waals surface area (Å²) >= 11 is 0. The summed E-state index contributed by atoms with van der Waals surface area (Å²) in [5, 5.41) is 0. The van der Waals surface area contributed by atoms with Crippen molar-refractivity contribution < 1.29 is 28.6 Å². The number of carbonyl (C=O) groups is 3. The zero-order chi connectivity index (χ0) is 57.1. The second-order valence-corrected chi connectivity index (χ2v) is 23.4. The normalized spacial score (nSPS) is 12.4. The standard InChI is InChI=1S/C73H132O6/c1-4-7-10-13-15-17-19-21-23-25-27-29-31-33-34-35-36-37-38-40-41-43-45-47-49-51-53-55-57-60-63-66-72(75)78-69-70(68-77-71(74)65-62-59-12-9-6-3)79-73(76)67-64-61-58-56-54-52-50-48-46-44-42-39-32-30-28-26-24-22-20-18-16-14-11-8-5-2/h8,11,16,18,22,24-25,27-28,30,70H,4-7,9-10,12-15,17,19-21,23,26,29,31-69H2,1-3H3/b11-8-,18-16-,24-22-,27-25-,30-28-.